The van der Waals surface area contributed by atoms with Crippen molar-refractivity contribution in [2.75, 3.05) is 5.75 Å². The lowest BCUT2D eigenvalue weighted by Gasteiger charge is -2.19. The minimum Gasteiger partial charge on any atom is -0.458 e. The van der Waals surface area contributed by atoms with E-state index in [0.29, 0.717) is 0 Å². The fourth-order valence-electron chi connectivity index (χ4n) is 3.51. The van der Waals surface area contributed by atoms with Crippen LogP contribution in [0, 0.1) is 0 Å². The highest BCUT2D eigenvalue weighted by molar-refractivity contribution is 8.13. The Morgan fingerprint density at radius 2 is 2.10 bits per heavy atom. The number of rotatable bonds is 3. The molecule has 21 heavy (non-hydrogen) atoms. The molecular weight excluding hydrogens is 278 g/mol. The zero-order valence-electron chi connectivity index (χ0n) is 12.2. The van der Waals surface area contributed by atoms with E-state index in [1.54, 1.807) is 11.8 Å². The predicted octanol–water partition coefficient (Wildman–Crippen LogP) is 4.44. The van der Waals surface area contributed by atoms with Crippen molar-refractivity contribution in [1.82, 2.24) is 0 Å². The summed E-state index contributed by atoms with van der Waals surface area (Å²) in [6.45, 7) is 2.14. The fraction of sp³-hybridized carbons (Fsp3) is 0.389. The van der Waals surface area contributed by atoms with Gasteiger partial charge in [0.1, 0.15) is 5.54 Å². The summed E-state index contributed by atoms with van der Waals surface area (Å²) in [5, 5.41) is 0.854. The second-order valence-electron chi connectivity index (χ2n) is 5.78. The SMILES string of the molecule is CCSC1=NC2(C3=CCCC=C3)CC2(c2ccccc2)O1. The zero-order valence-corrected chi connectivity index (χ0v) is 13.0. The molecule has 0 radical (unpaired) electrons. The standard InChI is InChI=1S/C18H19NOS/c1-2-21-16-19-17(14-9-5-3-6-10-14)13-18(17,20-16)15-11-7-4-8-12-15/h4-5,7-12H,2-3,6,13H2,1H3. The van der Waals surface area contributed by atoms with Gasteiger partial charge in [0.05, 0.1) is 0 Å². The molecule has 1 aliphatic heterocycles. The number of aliphatic imine (C=N–C) groups is 1. The maximum atomic E-state index is 6.34. The number of hydrogen-bond donors (Lipinski definition) is 0. The Labute approximate surface area is 130 Å². The van der Waals surface area contributed by atoms with Gasteiger partial charge in [-0.3, -0.25) is 0 Å². The van der Waals surface area contributed by atoms with E-state index in [9.17, 15) is 0 Å². The number of thioether (sulfide) groups is 1. The maximum absolute atomic E-state index is 6.34. The minimum atomic E-state index is -0.265. The van der Waals surface area contributed by atoms with E-state index in [-0.39, 0.29) is 11.1 Å². The smallest absolute Gasteiger partial charge is 0.247 e. The van der Waals surface area contributed by atoms with Gasteiger partial charge < -0.3 is 4.74 Å². The highest BCUT2D eigenvalue weighted by Crippen LogP contribution is 2.68. The van der Waals surface area contributed by atoms with Crippen LogP contribution in [0.4, 0.5) is 0 Å². The maximum Gasteiger partial charge on any atom is 0.247 e. The molecule has 0 bridgehead atoms. The molecule has 1 fully saturated rings. The molecule has 2 unspecified atom stereocenters. The van der Waals surface area contributed by atoms with Crippen LogP contribution in [0.15, 0.2) is 59.1 Å². The van der Waals surface area contributed by atoms with Crippen LogP contribution >= 0.6 is 11.8 Å². The van der Waals surface area contributed by atoms with Crippen molar-refractivity contribution in [1.29, 1.82) is 0 Å². The average Bonchev–Trinajstić information content (AvgIpc) is 3.08. The molecule has 1 aromatic rings. The summed E-state index contributed by atoms with van der Waals surface area (Å²) in [4.78, 5) is 4.99. The van der Waals surface area contributed by atoms with Crippen LogP contribution in [0.5, 0.6) is 0 Å². The first-order chi connectivity index (χ1) is 10.3. The van der Waals surface area contributed by atoms with Gasteiger partial charge in [0.25, 0.3) is 0 Å². The number of allylic oxidation sites excluding steroid dienone is 2. The predicted molar refractivity (Wildman–Crippen MR) is 88.6 cm³/mol. The van der Waals surface area contributed by atoms with Crippen molar-refractivity contribution in [3.8, 4) is 0 Å². The van der Waals surface area contributed by atoms with Gasteiger partial charge in [0.2, 0.25) is 5.23 Å². The molecule has 3 aliphatic rings. The minimum absolute atomic E-state index is 0.178. The van der Waals surface area contributed by atoms with E-state index < -0.39 is 0 Å². The Hall–Kier alpha value is -1.48. The number of benzene rings is 1. The van der Waals surface area contributed by atoms with Gasteiger partial charge >= 0.3 is 0 Å². The van der Waals surface area contributed by atoms with Gasteiger partial charge in [-0.15, -0.1) is 0 Å². The summed E-state index contributed by atoms with van der Waals surface area (Å²) in [5.74, 6) is 0.995. The molecule has 1 aromatic carbocycles. The molecule has 108 valence electrons. The fourth-order valence-corrected chi connectivity index (χ4v) is 4.17. The van der Waals surface area contributed by atoms with Gasteiger partial charge in [-0.1, -0.05) is 67.2 Å². The molecule has 0 spiro atoms. The lowest BCUT2D eigenvalue weighted by molar-refractivity contribution is 0.175. The lowest BCUT2D eigenvalue weighted by Crippen LogP contribution is -2.22. The summed E-state index contributed by atoms with van der Waals surface area (Å²) < 4.78 is 6.34. The normalized spacial score (nSPS) is 33.0. The molecule has 1 saturated carbocycles. The van der Waals surface area contributed by atoms with Crippen molar-refractivity contribution < 1.29 is 4.74 Å². The zero-order chi connectivity index (χ0) is 14.3. The number of fused-ring (bicyclic) bond motifs is 1. The monoisotopic (exact) mass is 297 g/mol. The Balaban J connectivity index is 1.77. The van der Waals surface area contributed by atoms with E-state index >= 15 is 0 Å². The first kappa shape index (κ1) is 13.2. The topological polar surface area (TPSA) is 21.6 Å². The summed E-state index contributed by atoms with van der Waals surface area (Å²) in [5.41, 5.74) is 2.15. The van der Waals surface area contributed by atoms with Crippen LogP contribution in [0.3, 0.4) is 0 Å². The van der Waals surface area contributed by atoms with Crippen LogP contribution < -0.4 is 0 Å². The summed E-state index contributed by atoms with van der Waals surface area (Å²) >= 11 is 1.71. The molecule has 1 heterocycles. The third-order valence-electron chi connectivity index (χ3n) is 4.57. The molecule has 2 atom stereocenters. The Bertz CT molecular complexity index is 648. The summed E-state index contributed by atoms with van der Waals surface area (Å²) in [6.07, 6.45) is 10.1. The summed E-state index contributed by atoms with van der Waals surface area (Å²) in [6, 6.07) is 10.6. The van der Waals surface area contributed by atoms with Gasteiger partial charge in [0.15, 0.2) is 5.60 Å². The third-order valence-corrected chi connectivity index (χ3v) is 5.28. The van der Waals surface area contributed by atoms with Crippen molar-refractivity contribution in [2.24, 2.45) is 4.99 Å². The summed E-state index contributed by atoms with van der Waals surface area (Å²) in [7, 11) is 0. The van der Waals surface area contributed by atoms with Crippen LogP contribution in [0.2, 0.25) is 0 Å². The first-order valence-corrected chi connectivity index (χ1v) is 8.64. The molecule has 0 aromatic heterocycles. The largest absolute Gasteiger partial charge is 0.458 e. The second kappa shape index (κ2) is 4.77. The molecular formula is C18H19NOS. The number of nitrogens with zero attached hydrogens (tertiary/aromatic N) is 1. The van der Waals surface area contributed by atoms with Gasteiger partial charge in [-0.05, 0) is 29.7 Å². The Kier molecular flexibility index (Phi) is 3.00. The molecule has 0 N–H and O–H groups in total. The van der Waals surface area contributed by atoms with Crippen molar-refractivity contribution >= 4 is 17.0 Å². The Morgan fingerprint density at radius 3 is 2.81 bits per heavy atom. The van der Waals surface area contributed by atoms with Crippen LogP contribution in [0.25, 0.3) is 0 Å². The van der Waals surface area contributed by atoms with Crippen molar-refractivity contribution in [2.45, 2.75) is 37.3 Å². The van der Waals surface area contributed by atoms with Gasteiger partial charge in [-0.2, -0.15) is 0 Å². The van der Waals surface area contributed by atoms with E-state index in [0.717, 1.165) is 30.2 Å². The van der Waals surface area contributed by atoms with E-state index in [4.69, 9.17) is 9.73 Å². The average molecular weight is 297 g/mol. The molecule has 4 rings (SSSR count). The molecule has 2 aliphatic carbocycles. The van der Waals surface area contributed by atoms with E-state index in [1.165, 1.54) is 11.1 Å². The van der Waals surface area contributed by atoms with Crippen LogP contribution in [-0.2, 0) is 10.3 Å². The van der Waals surface area contributed by atoms with Crippen molar-refractivity contribution in [3.63, 3.8) is 0 Å². The van der Waals surface area contributed by atoms with Crippen LogP contribution in [-0.4, -0.2) is 16.5 Å². The molecule has 2 nitrogen and oxygen atoms in total. The highest BCUT2D eigenvalue weighted by Gasteiger charge is 2.76. The molecule has 0 amide bonds. The van der Waals surface area contributed by atoms with Crippen molar-refractivity contribution in [3.05, 3.63) is 59.7 Å². The van der Waals surface area contributed by atoms with Crippen LogP contribution in [0.1, 0.15) is 31.7 Å². The van der Waals surface area contributed by atoms with E-state index in [2.05, 4.69) is 55.5 Å². The molecule has 0 saturated heterocycles. The molecule has 3 heteroatoms. The first-order valence-electron chi connectivity index (χ1n) is 7.65. The Morgan fingerprint density at radius 1 is 1.24 bits per heavy atom. The third kappa shape index (κ3) is 1.83. The van der Waals surface area contributed by atoms with Gasteiger partial charge in [-0.25, -0.2) is 4.99 Å². The number of hydrogen-bond acceptors (Lipinski definition) is 3. The number of ether oxygens (including phenoxy) is 1. The quantitative estimate of drug-likeness (QED) is 0.822. The second-order valence-corrected chi connectivity index (χ2v) is 7.00. The highest BCUT2D eigenvalue weighted by atomic mass is 32.2. The van der Waals surface area contributed by atoms with Gasteiger partial charge in [0, 0.05) is 6.42 Å². The van der Waals surface area contributed by atoms with E-state index in [1.807, 2.05) is 0 Å². The lowest BCUT2D eigenvalue weighted by atomic mass is 9.93.